The molecule has 0 bridgehead atoms. The van der Waals surface area contributed by atoms with Crippen LogP contribution in [0.2, 0.25) is 0 Å². The molecule has 1 fully saturated rings. The van der Waals surface area contributed by atoms with Crippen molar-refractivity contribution >= 4 is 0 Å². The second-order valence-electron chi connectivity index (χ2n) is 4.47. The molecule has 0 amide bonds. The number of rotatable bonds is 3. The van der Waals surface area contributed by atoms with Crippen LogP contribution in [-0.4, -0.2) is 23.2 Å². The summed E-state index contributed by atoms with van der Waals surface area (Å²) in [5.74, 6) is 2.78. The van der Waals surface area contributed by atoms with Crippen molar-refractivity contribution in [1.82, 2.24) is 15.5 Å². The maximum Gasteiger partial charge on any atom is 0.227 e. The van der Waals surface area contributed by atoms with Gasteiger partial charge in [-0.15, -0.1) is 0 Å². The summed E-state index contributed by atoms with van der Waals surface area (Å²) in [5.41, 5.74) is 0.907. The highest BCUT2D eigenvalue weighted by Crippen LogP contribution is 2.22. The lowest BCUT2D eigenvalue weighted by Crippen LogP contribution is -2.10. The minimum atomic E-state index is 0.619. The third-order valence-electron chi connectivity index (χ3n) is 3.19. The number of nitrogens with one attached hydrogen (secondary N) is 1. The van der Waals surface area contributed by atoms with Crippen LogP contribution in [0.15, 0.2) is 21.3 Å². The molecule has 0 saturated carbocycles. The van der Waals surface area contributed by atoms with E-state index < -0.39 is 0 Å². The summed E-state index contributed by atoms with van der Waals surface area (Å²) in [7, 11) is 0. The SMILES string of the molecule is Cc1occc1-c1noc(CC2CCNC2)n1. The third kappa shape index (κ3) is 2.10. The van der Waals surface area contributed by atoms with Gasteiger partial charge < -0.3 is 14.3 Å². The molecule has 1 aliphatic heterocycles. The van der Waals surface area contributed by atoms with Crippen molar-refractivity contribution in [2.24, 2.45) is 5.92 Å². The van der Waals surface area contributed by atoms with Crippen LogP contribution in [0.1, 0.15) is 18.1 Å². The van der Waals surface area contributed by atoms with Crippen molar-refractivity contribution in [2.45, 2.75) is 19.8 Å². The first kappa shape index (κ1) is 10.5. The van der Waals surface area contributed by atoms with E-state index in [1.807, 2.05) is 13.0 Å². The Morgan fingerprint density at radius 1 is 1.53 bits per heavy atom. The maximum atomic E-state index is 5.27. The first-order valence-electron chi connectivity index (χ1n) is 5.90. The molecule has 1 unspecified atom stereocenters. The second-order valence-corrected chi connectivity index (χ2v) is 4.47. The molecule has 17 heavy (non-hydrogen) atoms. The zero-order valence-electron chi connectivity index (χ0n) is 9.77. The highest BCUT2D eigenvalue weighted by molar-refractivity contribution is 5.56. The van der Waals surface area contributed by atoms with Crippen molar-refractivity contribution in [3.63, 3.8) is 0 Å². The Labute approximate surface area is 99.2 Å². The number of furan rings is 1. The topological polar surface area (TPSA) is 64.1 Å². The smallest absolute Gasteiger partial charge is 0.227 e. The summed E-state index contributed by atoms with van der Waals surface area (Å²) in [6.45, 7) is 4.03. The molecule has 5 heteroatoms. The Hall–Kier alpha value is -1.62. The lowest BCUT2D eigenvalue weighted by Gasteiger charge is -2.01. The van der Waals surface area contributed by atoms with E-state index in [1.165, 1.54) is 6.42 Å². The first-order valence-corrected chi connectivity index (χ1v) is 5.90. The van der Waals surface area contributed by atoms with Gasteiger partial charge in [-0.2, -0.15) is 4.98 Å². The molecule has 5 nitrogen and oxygen atoms in total. The van der Waals surface area contributed by atoms with E-state index in [0.717, 1.165) is 30.8 Å². The van der Waals surface area contributed by atoms with Gasteiger partial charge in [0, 0.05) is 6.42 Å². The molecule has 2 aromatic heterocycles. The molecule has 3 rings (SSSR count). The highest BCUT2D eigenvalue weighted by Gasteiger charge is 2.19. The second kappa shape index (κ2) is 4.33. The molecule has 0 aromatic carbocycles. The van der Waals surface area contributed by atoms with Crippen molar-refractivity contribution < 1.29 is 8.94 Å². The van der Waals surface area contributed by atoms with Gasteiger partial charge in [0.15, 0.2) is 0 Å². The number of hydrogen-bond donors (Lipinski definition) is 1. The van der Waals surface area contributed by atoms with E-state index in [1.54, 1.807) is 6.26 Å². The molecule has 0 aliphatic carbocycles. The molecular weight excluding hydrogens is 218 g/mol. The van der Waals surface area contributed by atoms with Crippen LogP contribution >= 0.6 is 0 Å². The van der Waals surface area contributed by atoms with Gasteiger partial charge in [0.05, 0.1) is 11.8 Å². The van der Waals surface area contributed by atoms with Gasteiger partial charge in [0.1, 0.15) is 5.76 Å². The van der Waals surface area contributed by atoms with Crippen LogP contribution in [0.5, 0.6) is 0 Å². The normalized spacial score (nSPS) is 19.9. The van der Waals surface area contributed by atoms with Gasteiger partial charge in [-0.3, -0.25) is 0 Å². The van der Waals surface area contributed by atoms with E-state index in [0.29, 0.717) is 17.6 Å². The fraction of sp³-hybridized carbons (Fsp3) is 0.500. The molecule has 1 N–H and O–H groups in total. The van der Waals surface area contributed by atoms with Crippen molar-refractivity contribution in [3.05, 3.63) is 24.0 Å². The summed E-state index contributed by atoms with van der Waals surface area (Å²) in [6.07, 6.45) is 3.68. The summed E-state index contributed by atoms with van der Waals surface area (Å²) in [4.78, 5) is 4.41. The minimum absolute atomic E-state index is 0.619. The van der Waals surface area contributed by atoms with Gasteiger partial charge >= 0.3 is 0 Å². The van der Waals surface area contributed by atoms with E-state index in [9.17, 15) is 0 Å². The van der Waals surface area contributed by atoms with Crippen LogP contribution in [0.4, 0.5) is 0 Å². The molecule has 90 valence electrons. The van der Waals surface area contributed by atoms with Crippen LogP contribution in [0, 0.1) is 12.8 Å². The molecule has 1 aliphatic rings. The van der Waals surface area contributed by atoms with E-state index in [-0.39, 0.29) is 0 Å². The van der Waals surface area contributed by atoms with Gasteiger partial charge in [-0.1, -0.05) is 5.16 Å². The lowest BCUT2D eigenvalue weighted by molar-refractivity contribution is 0.358. The van der Waals surface area contributed by atoms with Crippen molar-refractivity contribution in [3.8, 4) is 11.4 Å². The average Bonchev–Trinajstić information content (AvgIpc) is 3.00. The quantitative estimate of drug-likeness (QED) is 0.875. The Morgan fingerprint density at radius 3 is 3.18 bits per heavy atom. The third-order valence-corrected chi connectivity index (χ3v) is 3.19. The molecule has 3 heterocycles. The monoisotopic (exact) mass is 233 g/mol. The van der Waals surface area contributed by atoms with Crippen molar-refractivity contribution in [1.29, 1.82) is 0 Å². The first-order chi connectivity index (χ1) is 8.33. The van der Waals surface area contributed by atoms with Crippen molar-refractivity contribution in [2.75, 3.05) is 13.1 Å². The zero-order valence-corrected chi connectivity index (χ0v) is 9.77. The number of hydrogen-bond acceptors (Lipinski definition) is 5. The van der Waals surface area contributed by atoms with Gasteiger partial charge in [0.2, 0.25) is 11.7 Å². The summed E-state index contributed by atoms with van der Waals surface area (Å²) >= 11 is 0. The molecule has 0 radical (unpaired) electrons. The Bertz CT molecular complexity index is 497. The fourth-order valence-corrected chi connectivity index (χ4v) is 2.20. The fourth-order valence-electron chi connectivity index (χ4n) is 2.20. The average molecular weight is 233 g/mol. The zero-order chi connectivity index (χ0) is 11.7. The van der Waals surface area contributed by atoms with Crippen LogP contribution in [0.25, 0.3) is 11.4 Å². The summed E-state index contributed by atoms with van der Waals surface area (Å²) < 4.78 is 10.5. The predicted octanol–water partition coefficient (Wildman–Crippen LogP) is 1.79. The standard InChI is InChI=1S/C12H15N3O2/c1-8-10(3-5-16-8)12-14-11(17-15-12)6-9-2-4-13-7-9/h3,5,9,13H,2,4,6-7H2,1H3. The largest absolute Gasteiger partial charge is 0.469 e. The number of aryl methyl sites for hydroxylation is 1. The van der Waals surface area contributed by atoms with Crippen LogP contribution in [0.3, 0.4) is 0 Å². The summed E-state index contributed by atoms with van der Waals surface area (Å²) in [5, 5.41) is 7.33. The maximum absolute atomic E-state index is 5.27. The molecule has 0 spiro atoms. The Morgan fingerprint density at radius 2 is 2.47 bits per heavy atom. The van der Waals surface area contributed by atoms with E-state index in [2.05, 4.69) is 15.5 Å². The molecule has 1 saturated heterocycles. The summed E-state index contributed by atoms with van der Waals surface area (Å²) in [6, 6.07) is 1.86. The lowest BCUT2D eigenvalue weighted by atomic mass is 10.1. The van der Waals surface area contributed by atoms with E-state index >= 15 is 0 Å². The Balaban J connectivity index is 1.76. The van der Waals surface area contributed by atoms with E-state index in [4.69, 9.17) is 8.94 Å². The number of aromatic nitrogens is 2. The van der Waals surface area contributed by atoms with Gasteiger partial charge in [-0.25, -0.2) is 0 Å². The van der Waals surface area contributed by atoms with Gasteiger partial charge in [-0.05, 0) is 38.4 Å². The number of nitrogens with zero attached hydrogens (tertiary/aromatic N) is 2. The highest BCUT2D eigenvalue weighted by atomic mass is 16.5. The minimum Gasteiger partial charge on any atom is -0.469 e. The molecule has 2 aromatic rings. The van der Waals surface area contributed by atoms with Crippen LogP contribution < -0.4 is 5.32 Å². The predicted molar refractivity (Wildman–Crippen MR) is 61.4 cm³/mol. The molecule has 1 atom stereocenters. The molecular formula is C12H15N3O2. The van der Waals surface area contributed by atoms with Gasteiger partial charge in [0.25, 0.3) is 0 Å². The van der Waals surface area contributed by atoms with Crippen LogP contribution in [-0.2, 0) is 6.42 Å². The Kier molecular flexibility index (Phi) is 2.68.